The number of carbonyl (C=O) groups excluding carboxylic acids is 1. The lowest BCUT2D eigenvalue weighted by atomic mass is 10.1. The summed E-state index contributed by atoms with van der Waals surface area (Å²) in [5.74, 6) is -0.359. The lowest BCUT2D eigenvalue weighted by Crippen LogP contribution is -2.40. The number of carbonyl (C=O) groups is 1. The normalized spacial score (nSPS) is 14.4. The van der Waals surface area contributed by atoms with Crippen molar-refractivity contribution in [2.24, 2.45) is 0 Å². The van der Waals surface area contributed by atoms with Crippen LogP contribution in [0.25, 0.3) is 16.7 Å². The van der Waals surface area contributed by atoms with Gasteiger partial charge in [0.05, 0.1) is 17.5 Å². The Labute approximate surface area is 202 Å². The fourth-order valence-electron chi connectivity index (χ4n) is 4.70. The standard InChI is InChI=1S/C26H29N7O2/c1-18-7-6-13-32-23(18)30-24-21(26(32)35)15-20(22(27)33(24)17-19-8-5-9-28-16-19)25(34)29-10-14-31-11-3-2-4-12-31/h5-9,13,15-16,27H,2-4,10-12,14,17H2,1H3,(H,29,34). The van der Waals surface area contributed by atoms with Crippen molar-refractivity contribution < 1.29 is 4.79 Å². The zero-order chi connectivity index (χ0) is 24.4. The summed E-state index contributed by atoms with van der Waals surface area (Å²) in [4.78, 5) is 37.9. The number of rotatable bonds is 6. The van der Waals surface area contributed by atoms with Crippen LogP contribution in [0, 0.1) is 12.3 Å². The van der Waals surface area contributed by atoms with Crippen LogP contribution >= 0.6 is 0 Å². The van der Waals surface area contributed by atoms with E-state index >= 15 is 0 Å². The second-order valence-electron chi connectivity index (χ2n) is 9.05. The topological polar surface area (TPSA) is 108 Å². The van der Waals surface area contributed by atoms with Crippen LogP contribution in [-0.4, -0.2) is 55.9 Å². The van der Waals surface area contributed by atoms with Gasteiger partial charge in [-0.2, -0.15) is 0 Å². The van der Waals surface area contributed by atoms with E-state index in [1.165, 1.54) is 29.7 Å². The summed E-state index contributed by atoms with van der Waals surface area (Å²) < 4.78 is 3.12. The van der Waals surface area contributed by atoms with E-state index in [1.807, 2.05) is 25.1 Å². The lowest BCUT2D eigenvalue weighted by Gasteiger charge is -2.26. The number of aromatic nitrogens is 4. The molecule has 0 bridgehead atoms. The number of amides is 1. The van der Waals surface area contributed by atoms with Gasteiger partial charge in [-0.15, -0.1) is 0 Å². The van der Waals surface area contributed by atoms with Gasteiger partial charge in [0.25, 0.3) is 11.5 Å². The number of likely N-dealkylation sites (tertiary alicyclic amines) is 1. The first-order chi connectivity index (χ1) is 17.0. The fraction of sp³-hybridized carbons (Fsp3) is 0.346. The Kier molecular flexibility index (Phi) is 6.41. The Morgan fingerprint density at radius 1 is 1.14 bits per heavy atom. The number of pyridine rings is 3. The third kappa shape index (κ3) is 4.59. The van der Waals surface area contributed by atoms with E-state index in [0.717, 1.165) is 30.8 Å². The number of nitrogens with one attached hydrogen (secondary N) is 2. The molecule has 9 heteroatoms. The van der Waals surface area contributed by atoms with Gasteiger partial charge in [-0.1, -0.05) is 18.6 Å². The quantitative estimate of drug-likeness (QED) is 0.419. The van der Waals surface area contributed by atoms with Crippen molar-refractivity contribution in [1.29, 1.82) is 5.41 Å². The Hall–Kier alpha value is -3.85. The summed E-state index contributed by atoms with van der Waals surface area (Å²) in [6.45, 7) is 5.53. The molecule has 4 aromatic heterocycles. The van der Waals surface area contributed by atoms with Gasteiger partial charge in [-0.25, -0.2) is 4.98 Å². The molecule has 2 N–H and O–H groups in total. The maximum atomic E-state index is 13.4. The summed E-state index contributed by atoms with van der Waals surface area (Å²) in [5.41, 5.74) is 2.52. The predicted octanol–water partition coefficient (Wildman–Crippen LogP) is 2.10. The maximum absolute atomic E-state index is 13.4. The highest BCUT2D eigenvalue weighted by molar-refractivity contribution is 5.96. The molecule has 0 saturated carbocycles. The molecular weight excluding hydrogens is 442 g/mol. The monoisotopic (exact) mass is 471 g/mol. The average Bonchev–Trinajstić information content (AvgIpc) is 2.88. The van der Waals surface area contributed by atoms with E-state index in [4.69, 9.17) is 10.4 Å². The van der Waals surface area contributed by atoms with E-state index < -0.39 is 0 Å². The van der Waals surface area contributed by atoms with Crippen molar-refractivity contribution in [1.82, 2.24) is 29.2 Å². The van der Waals surface area contributed by atoms with E-state index in [2.05, 4.69) is 15.2 Å². The Morgan fingerprint density at radius 2 is 1.97 bits per heavy atom. The van der Waals surface area contributed by atoms with Crippen molar-refractivity contribution in [3.8, 4) is 0 Å². The molecular formula is C26H29N7O2. The van der Waals surface area contributed by atoms with Crippen LogP contribution < -0.4 is 16.4 Å². The van der Waals surface area contributed by atoms with Crippen LogP contribution in [0.5, 0.6) is 0 Å². The number of fused-ring (bicyclic) bond motifs is 2. The van der Waals surface area contributed by atoms with Gasteiger partial charge < -0.3 is 14.8 Å². The zero-order valence-electron chi connectivity index (χ0n) is 19.8. The summed E-state index contributed by atoms with van der Waals surface area (Å²) in [6.07, 6.45) is 8.71. The van der Waals surface area contributed by atoms with Crippen LogP contribution in [-0.2, 0) is 6.54 Å². The van der Waals surface area contributed by atoms with Gasteiger partial charge in [0.15, 0.2) is 0 Å². The van der Waals surface area contributed by atoms with Gasteiger partial charge in [0.2, 0.25) is 0 Å². The zero-order valence-corrected chi connectivity index (χ0v) is 19.8. The maximum Gasteiger partial charge on any atom is 0.267 e. The van der Waals surface area contributed by atoms with Crippen LogP contribution in [0.4, 0.5) is 0 Å². The number of hydrogen-bond donors (Lipinski definition) is 2. The molecule has 0 spiro atoms. The van der Waals surface area contributed by atoms with Gasteiger partial charge >= 0.3 is 0 Å². The SMILES string of the molecule is Cc1cccn2c(=O)c3cc(C(=O)NCCN4CCCCC4)c(=N)n(Cc4cccnc4)c3nc12. The number of aryl methyl sites for hydroxylation is 1. The molecule has 0 aromatic carbocycles. The van der Waals surface area contributed by atoms with Crippen molar-refractivity contribution in [3.05, 3.63) is 81.5 Å². The minimum atomic E-state index is -0.359. The molecule has 5 rings (SSSR count). The molecule has 4 aromatic rings. The fourth-order valence-corrected chi connectivity index (χ4v) is 4.70. The van der Waals surface area contributed by atoms with Crippen molar-refractivity contribution in [2.45, 2.75) is 32.7 Å². The first kappa shape index (κ1) is 22.9. The van der Waals surface area contributed by atoms with Crippen molar-refractivity contribution in [3.63, 3.8) is 0 Å². The summed E-state index contributed by atoms with van der Waals surface area (Å²) in [7, 11) is 0. The molecule has 5 heterocycles. The second-order valence-corrected chi connectivity index (χ2v) is 9.05. The van der Waals surface area contributed by atoms with Crippen LogP contribution in [0.3, 0.4) is 0 Å². The van der Waals surface area contributed by atoms with Crippen LogP contribution in [0.1, 0.15) is 40.7 Å². The predicted molar refractivity (Wildman–Crippen MR) is 134 cm³/mol. The molecule has 9 nitrogen and oxygen atoms in total. The van der Waals surface area contributed by atoms with Crippen LogP contribution in [0.2, 0.25) is 0 Å². The molecule has 0 atom stereocenters. The summed E-state index contributed by atoms with van der Waals surface area (Å²) in [6, 6.07) is 8.92. The Bertz CT molecular complexity index is 1500. The molecule has 1 saturated heterocycles. The average molecular weight is 472 g/mol. The molecule has 1 aliphatic heterocycles. The highest BCUT2D eigenvalue weighted by Gasteiger charge is 2.19. The third-order valence-electron chi connectivity index (χ3n) is 6.60. The second kappa shape index (κ2) is 9.79. The van der Waals surface area contributed by atoms with E-state index in [-0.39, 0.29) is 29.1 Å². The minimum Gasteiger partial charge on any atom is -0.351 e. The number of nitrogens with zero attached hydrogens (tertiary/aromatic N) is 5. The van der Waals surface area contributed by atoms with Crippen molar-refractivity contribution >= 4 is 22.6 Å². The summed E-state index contributed by atoms with van der Waals surface area (Å²) in [5, 5.41) is 12.1. The molecule has 0 radical (unpaired) electrons. The highest BCUT2D eigenvalue weighted by Crippen LogP contribution is 2.14. The Morgan fingerprint density at radius 3 is 2.74 bits per heavy atom. The van der Waals surface area contributed by atoms with Gasteiger partial charge in [0, 0.05) is 31.7 Å². The molecule has 0 aliphatic carbocycles. The highest BCUT2D eigenvalue weighted by atomic mass is 16.1. The molecule has 1 fully saturated rings. The summed E-state index contributed by atoms with van der Waals surface area (Å²) >= 11 is 0. The van der Waals surface area contributed by atoms with E-state index in [1.54, 1.807) is 29.2 Å². The van der Waals surface area contributed by atoms with E-state index in [9.17, 15) is 9.59 Å². The van der Waals surface area contributed by atoms with Crippen molar-refractivity contribution in [2.75, 3.05) is 26.2 Å². The first-order valence-corrected chi connectivity index (χ1v) is 12.0. The molecule has 180 valence electrons. The minimum absolute atomic E-state index is 0.0154. The number of hydrogen-bond acceptors (Lipinski definition) is 6. The smallest absolute Gasteiger partial charge is 0.267 e. The first-order valence-electron chi connectivity index (χ1n) is 12.0. The Balaban J connectivity index is 1.58. The van der Waals surface area contributed by atoms with E-state index in [0.29, 0.717) is 23.2 Å². The molecule has 35 heavy (non-hydrogen) atoms. The third-order valence-corrected chi connectivity index (χ3v) is 6.60. The van der Waals surface area contributed by atoms with Gasteiger partial charge in [0.1, 0.15) is 16.8 Å². The lowest BCUT2D eigenvalue weighted by molar-refractivity contribution is 0.0944. The van der Waals surface area contributed by atoms with Gasteiger partial charge in [-0.05, 0) is 62.2 Å². The molecule has 0 unspecified atom stereocenters. The number of piperidine rings is 1. The van der Waals surface area contributed by atoms with Gasteiger partial charge in [-0.3, -0.25) is 24.4 Å². The molecule has 1 amide bonds. The molecule has 1 aliphatic rings. The largest absolute Gasteiger partial charge is 0.351 e. The van der Waals surface area contributed by atoms with Crippen LogP contribution in [0.15, 0.2) is 53.7 Å².